The summed E-state index contributed by atoms with van der Waals surface area (Å²) < 4.78 is 43.4. The van der Waals surface area contributed by atoms with Gasteiger partial charge in [-0.1, -0.05) is 36.4 Å². The van der Waals surface area contributed by atoms with E-state index in [1.54, 1.807) is 21.3 Å². The molecule has 3 aliphatic heterocycles. The Morgan fingerprint density at radius 3 is 1.57 bits per heavy atom. The summed E-state index contributed by atoms with van der Waals surface area (Å²) in [6.07, 6.45) is 5.69. The van der Waals surface area contributed by atoms with Crippen LogP contribution in [-0.2, 0) is 63.4 Å². The Labute approximate surface area is 447 Å². The van der Waals surface area contributed by atoms with Crippen molar-refractivity contribution < 1.29 is 52.3 Å². The maximum Gasteiger partial charge on any atom is 0.330 e. The molecule has 18 nitrogen and oxygen atoms in total. The Hall–Kier alpha value is -7.44. The molecule has 0 N–H and O–H groups in total. The monoisotopic (exact) mass is 1050 g/mol. The lowest BCUT2D eigenvalue weighted by Gasteiger charge is -2.46. The van der Waals surface area contributed by atoms with E-state index in [1.807, 2.05) is 48.5 Å². The van der Waals surface area contributed by atoms with Crippen molar-refractivity contribution in [2.75, 3.05) is 47.2 Å². The Balaban J connectivity index is 0.779. The Morgan fingerprint density at radius 2 is 1.09 bits per heavy atom. The number of esters is 2. The summed E-state index contributed by atoms with van der Waals surface area (Å²) in [6, 6.07) is 25.4. The zero-order chi connectivity index (χ0) is 53.9. The minimum absolute atomic E-state index is 0.00955. The number of aryl methyl sites for hydroxylation is 1. The topological polar surface area (TPSA) is 187 Å². The smallest absolute Gasteiger partial charge is 0.330 e. The molecule has 2 aliphatic carbocycles. The van der Waals surface area contributed by atoms with Crippen molar-refractivity contribution in [3.05, 3.63) is 139 Å². The number of carbonyl (C=O) groups excluding carboxylic acids is 4. The van der Waals surface area contributed by atoms with Crippen LogP contribution in [0.2, 0.25) is 0 Å². The van der Waals surface area contributed by atoms with Crippen LogP contribution >= 0.6 is 0 Å². The molecule has 1 aromatic heterocycles. The maximum absolute atomic E-state index is 13.8. The SMILES string of the molecule is COc1cc(CN(C2CC(C(=O)OC(=O)C3CC(N(Cc4ccc(OCCn5c(=O)ccn(C)c5=O)c(OC)c4)[C@H](C)c4ccc5c(c4)CCO5)C3)C2)C(C)c2ccc3c(c2)CCO3)ccc1OCCN1C(=O)CCC1=O. The van der Waals surface area contributed by atoms with Crippen molar-refractivity contribution in [1.29, 1.82) is 0 Å². The minimum Gasteiger partial charge on any atom is -0.493 e. The molecule has 5 aliphatic rings. The molecular formula is C59H67N5O13. The quantitative estimate of drug-likeness (QED) is 0.0416. The van der Waals surface area contributed by atoms with Crippen LogP contribution in [0.4, 0.5) is 0 Å². The lowest BCUT2D eigenvalue weighted by molar-refractivity contribution is -0.172. The molecule has 77 heavy (non-hydrogen) atoms. The molecular weight excluding hydrogens is 987 g/mol. The van der Waals surface area contributed by atoms with E-state index in [4.69, 9.17) is 33.2 Å². The van der Waals surface area contributed by atoms with Gasteiger partial charge in [0.2, 0.25) is 11.8 Å². The lowest BCUT2D eigenvalue weighted by atomic mass is 9.77. The minimum atomic E-state index is -0.491. The summed E-state index contributed by atoms with van der Waals surface area (Å²) in [6.45, 7) is 7.17. The highest BCUT2D eigenvalue weighted by molar-refractivity contribution is 6.01. The fourth-order valence-corrected chi connectivity index (χ4v) is 11.3. The standard InChI is InChI=1S/C59H67N5O13/c1-36(40-8-12-48-42(28-40)17-22-73-48)63(34-38-6-10-50(52(26-38)71-4)75-24-20-61-54(65)14-15-55(61)66)46-30-44(31-46)57(68)77-58(69)45-32-47(33-45)64(37(2)41-9-13-49-43(29-41)18-23-74-49)35-39-7-11-51(53(27-39)72-5)76-25-21-62-56(67)16-19-60(3)59(62)70/h6-13,16,19,26-29,36-37,44-47H,14-15,17-18,20-25,30-35H2,1-5H3/t36?,37-,44?,45?,46?,47?/m1/s1. The molecule has 1 saturated heterocycles. The number of amides is 2. The summed E-state index contributed by atoms with van der Waals surface area (Å²) in [5.41, 5.74) is 5.71. The summed E-state index contributed by atoms with van der Waals surface area (Å²) >= 11 is 0. The number of aromatic nitrogens is 2. The van der Waals surface area contributed by atoms with Crippen LogP contribution in [0.15, 0.2) is 94.6 Å². The summed E-state index contributed by atoms with van der Waals surface area (Å²) in [5.74, 6) is 1.60. The van der Waals surface area contributed by atoms with Gasteiger partial charge in [0.25, 0.3) is 5.56 Å². The molecule has 3 fully saturated rings. The van der Waals surface area contributed by atoms with E-state index in [2.05, 4.69) is 47.9 Å². The molecule has 1 unspecified atom stereocenters. The number of benzene rings is 4. The van der Waals surface area contributed by atoms with E-state index in [9.17, 15) is 28.8 Å². The van der Waals surface area contributed by atoms with Gasteiger partial charge in [-0.05, 0) is 109 Å². The second-order valence-corrected chi connectivity index (χ2v) is 20.8. The molecule has 2 saturated carbocycles. The van der Waals surface area contributed by atoms with Crippen LogP contribution in [0, 0.1) is 11.8 Å². The molecule has 0 radical (unpaired) electrons. The van der Waals surface area contributed by atoms with Crippen LogP contribution in [0.3, 0.4) is 0 Å². The molecule has 18 heteroatoms. The van der Waals surface area contributed by atoms with Crippen LogP contribution in [-0.4, -0.2) is 107 Å². The molecule has 0 spiro atoms. The number of fused-ring (bicyclic) bond motifs is 2. The number of hydrogen-bond donors (Lipinski definition) is 0. The average Bonchev–Trinajstić information content (AvgIpc) is 4.16. The van der Waals surface area contributed by atoms with Gasteiger partial charge in [0.1, 0.15) is 24.7 Å². The molecule has 5 aromatic rings. The number of nitrogens with zero attached hydrogens (tertiary/aromatic N) is 5. The van der Waals surface area contributed by atoms with Crippen molar-refractivity contribution in [3.8, 4) is 34.5 Å². The van der Waals surface area contributed by atoms with Crippen molar-refractivity contribution in [3.63, 3.8) is 0 Å². The Kier molecular flexibility index (Phi) is 15.8. The third kappa shape index (κ3) is 11.5. The van der Waals surface area contributed by atoms with Gasteiger partial charge < -0.3 is 37.7 Å². The van der Waals surface area contributed by atoms with Gasteiger partial charge in [0, 0.05) is 82.3 Å². The maximum atomic E-state index is 13.8. The van der Waals surface area contributed by atoms with Crippen LogP contribution < -0.4 is 39.7 Å². The number of rotatable bonds is 22. The average molecular weight is 1050 g/mol. The summed E-state index contributed by atoms with van der Waals surface area (Å²) in [7, 11) is 4.73. The second kappa shape index (κ2) is 23.0. The lowest BCUT2D eigenvalue weighted by Crippen LogP contribution is -2.50. The first kappa shape index (κ1) is 53.0. The number of hydrogen-bond acceptors (Lipinski definition) is 15. The predicted octanol–water partition coefficient (Wildman–Crippen LogP) is 6.49. The second-order valence-electron chi connectivity index (χ2n) is 20.8. The number of methoxy groups -OCH3 is 2. The van der Waals surface area contributed by atoms with Gasteiger partial charge in [0.05, 0.1) is 52.4 Å². The van der Waals surface area contributed by atoms with Gasteiger partial charge in [0.15, 0.2) is 23.0 Å². The van der Waals surface area contributed by atoms with Crippen LogP contribution in [0.1, 0.15) is 97.8 Å². The summed E-state index contributed by atoms with van der Waals surface area (Å²) in [5, 5.41) is 0. The van der Waals surface area contributed by atoms with Crippen LogP contribution in [0.25, 0.3) is 0 Å². The molecule has 2 amide bonds. The number of imide groups is 1. The zero-order valence-electron chi connectivity index (χ0n) is 44.4. The fourth-order valence-electron chi connectivity index (χ4n) is 11.3. The highest BCUT2D eigenvalue weighted by atomic mass is 16.6. The number of ether oxygens (including phenoxy) is 7. The Morgan fingerprint density at radius 1 is 0.610 bits per heavy atom. The van der Waals surface area contributed by atoms with Gasteiger partial charge in [-0.25, -0.2) is 4.79 Å². The third-order valence-electron chi connectivity index (χ3n) is 16.1. The first-order valence-corrected chi connectivity index (χ1v) is 26.7. The van der Waals surface area contributed by atoms with E-state index in [1.165, 1.54) is 32.9 Å². The van der Waals surface area contributed by atoms with Crippen molar-refractivity contribution in [2.45, 2.75) is 109 Å². The van der Waals surface area contributed by atoms with Crippen molar-refractivity contribution in [1.82, 2.24) is 23.8 Å². The largest absolute Gasteiger partial charge is 0.493 e. The first-order valence-electron chi connectivity index (χ1n) is 26.7. The predicted molar refractivity (Wildman–Crippen MR) is 282 cm³/mol. The van der Waals surface area contributed by atoms with E-state index in [0.717, 1.165) is 51.2 Å². The Bertz CT molecular complexity index is 3140. The molecule has 4 heterocycles. The molecule has 4 aromatic carbocycles. The highest BCUT2D eigenvalue weighted by Crippen LogP contribution is 2.43. The van der Waals surface area contributed by atoms with E-state index in [0.29, 0.717) is 75.0 Å². The van der Waals surface area contributed by atoms with Crippen molar-refractivity contribution >= 4 is 23.8 Å². The van der Waals surface area contributed by atoms with Crippen molar-refractivity contribution in [2.24, 2.45) is 18.9 Å². The van der Waals surface area contributed by atoms with Gasteiger partial charge in [-0.15, -0.1) is 0 Å². The highest BCUT2D eigenvalue weighted by Gasteiger charge is 2.45. The van der Waals surface area contributed by atoms with Gasteiger partial charge in [-0.3, -0.25) is 43.2 Å². The number of likely N-dealkylation sites (tertiary alicyclic amines) is 1. The molecule has 0 bridgehead atoms. The summed E-state index contributed by atoms with van der Waals surface area (Å²) in [4.78, 5) is 82.8. The molecule has 2 atom stereocenters. The fraction of sp³-hybridized carbons (Fsp3) is 0.458. The van der Waals surface area contributed by atoms with Gasteiger partial charge in [-0.2, -0.15) is 0 Å². The first-order chi connectivity index (χ1) is 37.2. The van der Waals surface area contributed by atoms with Gasteiger partial charge >= 0.3 is 17.6 Å². The van der Waals surface area contributed by atoms with E-state index >= 15 is 0 Å². The normalized spacial score (nSPS) is 20.1. The van der Waals surface area contributed by atoms with Crippen LogP contribution in [0.5, 0.6) is 34.5 Å². The van der Waals surface area contributed by atoms with E-state index in [-0.39, 0.29) is 75.1 Å². The van der Waals surface area contributed by atoms with E-state index < -0.39 is 35.0 Å². The molecule has 10 rings (SSSR count). The number of carbonyl (C=O) groups is 4. The third-order valence-corrected chi connectivity index (χ3v) is 16.1. The zero-order valence-corrected chi connectivity index (χ0v) is 44.4. The molecule has 406 valence electrons.